The first-order valence-corrected chi connectivity index (χ1v) is 8.63. The fraction of sp³-hybridized carbons (Fsp3) is 0.400. The molecule has 3 N–H and O–H groups in total. The van der Waals surface area contributed by atoms with E-state index in [2.05, 4.69) is 23.5 Å². The van der Waals surface area contributed by atoms with Crippen LogP contribution in [-0.2, 0) is 0 Å². The van der Waals surface area contributed by atoms with Crippen molar-refractivity contribution in [2.45, 2.75) is 5.92 Å². The van der Waals surface area contributed by atoms with Gasteiger partial charge in [-0.3, -0.25) is 0 Å². The number of para-hydroxylation sites is 1. The molecule has 1 aliphatic carbocycles. The highest BCUT2D eigenvalue weighted by atomic mass is 16.5. The number of fused-ring (bicyclic) bond motifs is 1. The van der Waals surface area contributed by atoms with Crippen molar-refractivity contribution in [3.63, 3.8) is 0 Å². The highest BCUT2D eigenvalue weighted by Crippen LogP contribution is 2.55. The van der Waals surface area contributed by atoms with Crippen LogP contribution in [0.1, 0.15) is 11.5 Å². The van der Waals surface area contributed by atoms with Crippen LogP contribution in [0, 0.1) is 56.7 Å². The maximum absolute atomic E-state index is 10.0. The lowest BCUT2D eigenvalue weighted by molar-refractivity contribution is -0.654. The lowest BCUT2D eigenvalue weighted by Crippen LogP contribution is -2.87. The van der Waals surface area contributed by atoms with Gasteiger partial charge < -0.3 is 20.2 Å². The molecule has 136 valence electrons. The van der Waals surface area contributed by atoms with Crippen LogP contribution in [0.5, 0.6) is 11.5 Å². The van der Waals surface area contributed by atoms with E-state index in [0.717, 1.165) is 5.57 Å². The topological polar surface area (TPSA) is 130 Å². The van der Waals surface area contributed by atoms with Crippen molar-refractivity contribution < 1.29 is 14.8 Å². The van der Waals surface area contributed by atoms with Gasteiger partial charge in [-0.15, -0.1) is 0 Å². The van der Waals surface area contributed by atoms with E-state index in [-0.39, 0.29) is 11.6 Å². The Morgan fingerprint density at radius 3 is 2.52 bits per heavy atom. The van der Waals surface area contributed by atoms with Crippen LogP contribution in [0.4, 0.5) is 0 Å². The molecule has 0 bridgehead atoms. The van der Waals surface area contributed by atoms with Crippen LogP contribution < -0.4 is 14.8 Å². The molecule has 1 aliphatic heterocycles. The van der Waals surface area contributed by atoms with Gasteiger partial charge in [0.15, 0.2) is 16.9 Å². The van der Waals surface area contributed by atoms with Crippen LogP contribution in [0.15, 0.2) is 29.8 Å². The largest absolute Gasteiger partial charge is 0.493 e. The van der Waals surface area contributed by atoms with Crippen LogP contribution in [-0.4, -0.2) is 33.0 Å². The van der Waals surface area contributed by atoms with E-state index in [0.29, 0.717) is 30.2 Å². The molecule has 7 heteroatoms. The Morgan fingerprint density at radius 2 is 1.93 bits per heavy atom. The van der Waals surface area contributed by atoms with E-state index in [1.807, 2.05) is 12.1 Å². The quantitative estimate of drug-likeness (QED) is 0.778. The minimum atomic E-state index is -1.74. The van der Waals surface area contributed by atoms with Gasteiger partial charge in [-0.25, -0.2) is 0 Å². The standard InChI is InChI=1S/C20H19N5O2/c1-26-16-5-3-4-13(18(16)27-2)17-15-9-25-7-6-12(15)14(8-21)19(24)20(17,10-22)11-23/h3-6,14-15,17,24-25H,7,9H2,1-2H3/p+1/t14-,15+,17-/m1/s1. The molecule has 0 unspecified atom stereocenters. The minimum Gasteiger partial charge on any atom is -0.493 e. The van der Waals surface area contributed by atoms with E-state index >= 15 is 0 Å². The van der Waals surface area contributed by atoms with Crippen LogP contribution >= 0.6 is 0 Å². The van der Waals surface area contributed by atoms with Gasteiger partial charge in [-0.1, -0.05) is 12.1 Å². The fourth-order valence-electron chi connectivity index (χ4n) is 4.34. The van der Waals surface area contributed by atoms with Crippen molar-refractivity contribution in [3.8, 4) is 29.7 Å². The molecule has 0 amide bonds. The summed E-state index contributed by atoms with van der Waals surface area (Å²) in [6, 6.07) is 11.6. The molecule has 1 fully saturated rings. The summed E-state index contributed by atoms with van der Waals surface area (Å²) in [4.78, 5) is 0. The maximum atomic E-state index is 10.0. The van der Waals surface area contributed by atoms with Crippen molar-refractivity contribution in [2.24, 2.45) is 17.3 Å². The molecule has 0 spiro atoms. The summed E-state index contributed by atoms with van der Waals surface area (Å²) in [6.45, 7) is 1.35. The molecule has 3 atom stereocenters. The van der Waals surface area contributed by atoms with Crippen molar-refractivity contribution in [1.29, 1.82) is 21.2 Å². The Kier molecular flexibility index (Phi) is 4.86. The zero-order valence-corrected chi connectivity index (χ0v) is 15.2. The first-order valence-electron chi connectivity index (χ1n) is 8.63. The zero-order valence-electron chi connectivity index (χ0n) is 15.2. The number of nitriles is 3. The van der Waals surface area contributed by atoms with Gasteiger partial charge in [0.25, 0.3) is 0 Å². The number of hydrogen-bond donors (Lipinski definition) is 2. The zero-order chi connectivity index (χ0) is 19.6. The predicted octanol–water partition coefficient (Wildman–Crippen LogP) is 1.11. The Morgan fingerprint density at radius 1 is 1.19 bits per heavy atom. The Labute approximate surface area is 157 Å². The third-order valence-electron chi connectivity index (χ3n) is 5.53. The number of nitrogens with one attached hydrogen (secondary N) is 1. The highest BCUT2D eigenvalue weighted by Gasteiger charge is 2.58. The number of hydrogen-bond acceptors (Lipinski definition) is 6. The summed E-state index contributed by atoms with van der Waals surface area (Å²) in [5.74, 6) is -0.752. The van der Waals surface area contributed by atoms with Gasteiger partial charge in [0, 0.05) is 17.4 Å². The van der Waals surface area contributed by atoms with Gasteiger partial charge in [0.1, 0.15) is 5.92 Å². The number of benzene rings is 1. The lowest BCUT2D eigenvalue weighted by atomic mass is 9.54. The molecule has 1 aromatic carbocycles. The van der Waals surface area contributed by atoms with Crippen LogP contribution in [0.3, 0.4) is 0 Å². The van der Waals surface area contributed by atoms with E-state index in [9.17, 15) is 15.8 Å². The van der Waals surface area contributed by atoms with Crippen molar-refractivity contribution in [1.82, 2.24) is 0 Å². The van der Waals surface area contributed by atoms with Crippen molar-refractivity contribution in [2.75, 3.05) is 27.3 Å². The summed E-state index contributed by atoms with van der Waals surface area (Å²) in [7, 11) is 3.04. The number of ether oxygens (including phenoxy) is 2. The number of nitrogens with zero attached hydrogens (tertiary/aromatic N) is 3. The molecular weight excluding hydrogens is 342 g/mol. The third-order valence-corrected chi connectivity index (χ3v) is 5.53. The molecule has 0 saturated heterocycles. The first kappa shape index (κ1) is 18.5. The number of methoxy groups -OCH3 is 2. The van der Waals surface area contributed by atoms with Gasteiger partial charge >= 0.3 is 0 Å². The number of nitrogens with two attached hydrogens (primary N) is 1. The summed E-state index contributed by atoms with van der Waals surface area (Å²) in [5, 5.41) is 40.4. The maximum Gasteiger partial charge on any atom is 0.190 e. The van der Waals surface area contributed by atoms with Gasteiger partial charge in [0.2, 0.25) is 0 Å². The van der Waals surface area contributed by atoms with Gasteiger partial charge in [-0.05, 0) is 17.7 Å². The smallest absolute Gasteiger partial charge is 0.190 e. The molecule has 1 aromatic rings. The molecule has 2 aliphatic rings. The second kappa shape index (κ2) is 7.11. The molecule has 0 aromatic heterocycles. The molecule has 0 radical (unpaired) electrons. The predicted molar refractivity (Wildman–Crippen MR) is 96.0 cm³/mol. The summed E-state index contributed by atoms with van der Waals surface area (Å²) < 4.78 is 11.0. The highest BCUT2D eigenvalue weighted by molar-refractivity contribution is 6.01. The van der Waals surface area contributed by atoms with E-state index < -0.39 is 17.3 Å². The molecular formula is C20H20N5O2+. The summed E-state index contributed by atoms with van der Waals surface area (Å²) in [6.07, 6.45) is 1.95. The summed E-state index contributed by atoms with van der Waals surface area (Å²) in [5.41, 5.74) is -0.435. The normalized spacial score (nSPS) is 25.8. The first-order chi connectivity index (χ1) is 13.1. The van der Waals surface area contributed by atoms with E-state index in [1.54, 1.807) is 12.1 Å². The lowest BCUT2D eigenvalue weighted by Gasteiger charge is -2.44. The fourth-order valence-corrected chi connectivity index (χ4v) is 4.34. The molecule has 1 saturated carbocycles. The van der Waals surface area contributed by atoms with E-state index in [1.165, 1.54) is 14.2 Å². The molecule has 1 heterocycles. The summed E-state index contributed by atoms with van der Waals surface area (Å²) >= 11 is 0. The van der Waals surface area contributed by atoms with E-state index in [4.69, 9.17) is 14.9 Å². The second-order valence-electron chi connectivity index (χ2n) is 6.64. The van der Waals surface area contributed by atoms with Crippen molar-refractivity contribution in [3.05, 3.63) is 35.4 Å². The molecule has 7 nitrogen and oxygen atoms in total. The number of quaternary nitrogens is 1. The van der Waals surface area contributed by atoms with Gasteiger partial charge in [-0.2, -0.15) is 15.8 Å². The third kappa shape index (κ3) is 2.54. The Balaban J connectivity index is 2.32. The number of rotatable bonds is 3. The van der Waals surface area contributed by atoms with Crippen molar-refractivity contribution >= 4 is 5.71 Å². The van der Waals surface area contributed by atoms with Crippen LogP contribution in [0.25, 0.3) is 0 Å². The SMILES string of the molecule is COc1cccc([C@@H]2[C@H]3C[NH2+]CC=C3[C@@H](C#N)C(=N)C2(C#N)C#N)c1OC. The van der Waals surface area contributed by atoms with Gasteiger partial charge in [0.05, 0.1) is 51.2 Å². The average Bonchev–Trinajstić information content (AvgIpc) is 2.72. The second-order valence-corrected chi connectivity index (χ2v) is 6.64. The minimum absolute atomic E-state index is 0.158. The molecule has 27 heavy (non-hydrogen) atoms. The Bertz CT molecular complexity index is 917. The molecule has 3 rings (SSSR count). The average molecular weight is 362 g/mol. The van der Waals surface area contributed by atoms with Crippen LogP contribution in [0.2, 0.25) is 0 Å². The monoisotopic (exact) mass is 362 g/mol. The Hall–Kier alpha value is -3.34.